The van der Waals surface area contributed by atoms with Crippen molar-refractivity contribution in [1.82, 2.24) is 0 Å². The van der Waals surface area contributed by atoms with Crippen LogP contribution in [0.15, 0.2) is 16.6 Å². The Morgan fingerprint density at radius 1 is 1.42 bits per heavy atom. The van der Waals surface area contributed by atoms with Crippen molar-refractivity contribution in [3.8, 4) is 6.07 Å². The Balaban J connectivity index is 2.12. The van der Waals surface area contributed by atoms with Crippen molar-refractivity contribution in [2.45, 2.75) is 19.3 Å². The Morgan fingerprint density at radius 2 is 2.11 bits per heavy atom. The Morgan fingerprint density at radius 3 is 2.68 bits per heavy atom. The van der Waals surface area contributed by atoms with Crippen LogP contribution in [0.1, 0.15) is 24.8 Å². The Labute approximate surface area is 121 Å². The number of hydrogen-bond donors (Lipinski definition) is 1. The first-order chi connectivity index (χ1) is 9.17. The molecule has 0 unspecified atom stereocenters. The highest BCUT2D eigenvalue weighted by molar-refractivity contribution is 9.10. The van der Waals surface area contributed by atoms with E-state index in [1.165, 1.54) is 0 Å². The summed E-state index contributed by atoms with van der Waals surface area (Å²) >= 11 is 3.15. The number of nitrogens with zero attached hydrogens (tertiary/aromatic N) is 2. The van der Waals surface area contributed by atoms with Gasteiger partial charge >= 0.3 is 0 Å². The molecule has 2 N–H and O–H groups in total. The highest BCUT2D eigenvalue weighted by atomic mass is 79.9. The molecule has 1 aliphatic heterocycles. The van der Waals surface area contributed by atoms with Gasteiger partial charge in [0.1, 0.15) is 6.07 Å². The van der Waals surface area contributed by atoms with Crippen LogP contribution in [0.25, 0.3) is 0 Å². The maximum Gasteiger partial charge on any atom is 0.161 e. The summed E-state index contributed by atoms with van der Waals surface area (Å²) in [6.45, 7) is 2.42. The highest BCUT2D eigenvalue weighted by Crippen LogP contribution is 2.32. The molecule has 1 fully saturated rings. The Hall–Kier alpha value is -1.12. The predicted octanol–water partition coefficient (Wildman–Crippen LogP) is 3.03. The molecule has 1 heterocycles. The second-order valence-electron chi connectivity index (χ2n) is 4.88. The van der Waals surface area contributed by atoms with Gasteiger partial charge in [-0.2, -0.15) is 5.26 Å². The normalized spacial score (nSPS) is 16.4. The fourth-order valence-corrected chi connectivity index (χ4v) is 2.99. The molecule has 0 aromatic heterocycles. The quantitative estimate of drug-likeness (QED) is 0.929. The molecule has 3 nitrogen and oxygen atoms in total. The van der Waals surface area contributed by atoms with Crippen molar-refractivity contribution < 1.29 is 4.39 Å². The lowest BCUT2D eigenvalue weighted by atomic mass is 9.93. The second kappa shape index (κ2) is 6.36. The summed E-state index contributed by atoms with van der Waals surface area (Å²) in [6, 6.07) is 5.33. The third-order valence-corrected chi connectivity index (χ3v) is 4.49. The van der Waals surface area contributed by atoms with E-state index in [2.05, 4.69) is 15.9 Å². The van der Waals surface area contributed by atoms with Crippen LogP contribution in [0.5, 0.6) is 0 Å². The minimum absolute atomic E-state index is 0.261. The first-order valence-electron chi connectivity index (χ1n) is 6.50. The summed E-state index contributed by atoms with van der Waals surface area (Å²) in [6.07, 6.45) is 3.15. The van der Waals surface area contributed by atoms with Crippen molar-refractivity contribution in [2.75, 3.05) is 24.5 Å². The van der Waals surface area contributed by atoms with Gasteiger partial charge in [0.2, 0.25) is 0 Å². The Kier molecular flexibility index (Phi) is 4.78. The van der Waals surface area contributed by atoms with Gasteiger partial charge in [-0.1, -0.05) is 0 Å². The number of piperidine rings is 1. The van der Waals surface area contributed by atoms with Gasteiger partial charge in [0.05, 0.1) is 15.7 Å². The van der Waals surface area contributed by atoms with Gasteiger partial charge < -0.3 is 10.6 Å². The summed E-state index contributed by atoms with van der Waals surface area (Å²) in [7, 11) is 0. The lowest BCUT2D eigenvalue weighted by Gasteiger charge is -2.33. The topological polar surface area (TPSA) is 53.0 Å². The number of anilines is 1. The maximum absolute atomic E-state index is 14.2. The van der Waals surface area contributed by atoms with Gasteiger partial charge in [-0.25, -0.2) is 4.39 Å². The fourth-order valence-electron chi connectivity index (χ4n) is 2.57. The molecule has 0 amide bonds. The van der Waals surface area contributed by atoms with Gasteiger partial charge in [0, 0.05) is 13.1 Å². The molecule has 1 aromatic carbocycles. The number of halogens is 2. The standard InChI is InChI=1S/C14H17BrFN3/c15-13-11(9-18)1-2-12(14(13)16)19-7-4-10(3-6-17)5-8-19/h1-2,10H,3-8,17H2. The first kappa shape index (κ1) is 14.3. The average molecular weight is 326 g/mol. The number of hydrogen-bond acceptors (Lipinski definition) is 3. The van der Waals surface area contributed by atoms with Crippen LogP contribution in [0.4, 0.5) is 10.1 Å². The van der Waals surface area contributed by atoms with Crippen LogP contribution in [0, 0.1) is 23.1 Å². The second-order valence-corrected chi connectivity index (χ2v) is 5.67. The summed E-state index contributed by atoms with van der Waals surface area (Å²) in [5.41, 5.74) is 6.48. The zero-order chi connectivity index (χ0) is 13.8. The van der Waals surface area contributed by atoms with Crippen molar-refractivity contribution >= 4 is 21.6 Å². The molecule has 0 spiro atoms. The molecule has 0 bridgehead atoms. The van der Waals surface area contributed by atoms with E-state index in [0.29, 0.717) is 17.2 Å². The smallest absolute Gasteiger partial charge is 0.161 e. The van der Waals surface area contributed by atoms with E-state index in [1.807, 2.05) is 11.0 Å². The minimum atomic E-state index is -0.337. The van der Waals surface area contributed by atoms with Gasteiger partial charge in [-0.15, -0.1) is 0 Å². The van der Waals surface area contributed by atoms with Crippen LogP contribution in [-0.4, -0.2) is 19.6 Å². The van der Waals surface area contributed by atoms with Gasteiger partial charge in [-0.3, -0.25) is 0 Å². The molecule has 0 aliphatic carbocycles. The predicted molar refractivity (Wildman–Crippen MR) is 77.4 cm³/mol. The van der Waals surface area contributed by atoms with Gasteiger partial charge in [0.25, 0.3) is 0 Å². The highest BCUT2D eigenvalue weighted by Gasteiger charge is 2.22. The first-order valence-corrected chi connectivity index (χ1v) is 7.29. The van der Waals surface area contributed by atoms with Crippen LogP contribution < -0.4 is 10.6 Å². The molecule has 1 saturated heterocycles. The van der Waals surface area contributed by atoms with E-state index in [9.17, 15) is 4.39 Å². The van der Waals surface area contributed by atoms with E-state index in [1.54, 1.807) is 12.1 Å². The van der Waals surface area contributed by atoms with Gasteiger partial charge in [0.15, 0.2) is 5.82 Å². The maximum atomic E-state index is 14.2. The zero-order valence-electron chi connectivity index (χ0n) is 10.7. The van der Waals surface area contributed by atoms with Crippen LogP contribution in [0.2, 0.25) is 0 Å². The van der Waals surface area contributed by atoms with E-state index >= 15 is 0 Å². The number of rotatable bonds is 3. The molecule has 0 atom stereocenters. The van der Waals surface area contributed by atoms with Crippen molar-refractivity contribution in [2.24, 2.45) is 11.7 Å². The lowest BCUT2D eigenvalue weighted by Crippen LogP contribution is -2.34. The Bertz CT molecular complexity index is 490. The molecular formula is C14H17BrFN3. The summed E-state index contributed by atoms with van der Waals surface area (Å²) < 4.78 is 14.5. The minimum Gasteiger partial charge on any atom is -0.369 e. The molecule has 19 heavy (non-hydrogen) atoms. The summed E-state index contributed by atoms with van der Waals surface area (Å²) in [5, 5.41) is 8.87. The van der Waals surface area contributed by atoms with Crippen LogP contribution >= 0.6 is 15.9 Å². The molecule has 5 heteroatoms. The number of benzene rings is 1. The van der Waals surface area contributed by atoms with Crippen molar-refractivity contribution in [3.05, 3.63) is 28.0 Å². The van der Waals surface area contributed by atoms with E-state index in [-0.39, 0.29) is 10.3 Å². The van der Waals surface area contributed by atoms with Crippen molar-refractivity contribution in [1.29, 1.82) is 5.26 Å². The zero-order valence-corrected chi connectivity index (χ0v) is 12.3. The molecule has 0 radical (unpaired) electrons. The largest absolute Gasteiger partial charge is 0.369 e. The molecule has 0 saturated carbocycles. The van der Waals surface area contributed by atoms with Gasteiger partial charge in [-0.05, 0) is 59.8 Å². The lowest BCUT2D eigenvalue weighted by molar-refractivity contribution is 0.384. The van der Waals surface area contributed by atoms with Crippen LogP contribution in [-0.2, 0) is 0 Å². The number of nitrogens with two attached hydrogens (primary N) is 1. The van der Waals surface area contributed by atoms with E-state index in [4.69, 9.17) is 11.0 Å². The fraction of sp³-hybridized carbons (Fsp3) is 0.500. The summed E-state index contributed by atoms with van der Waals surface area (Å²) in [5.74, 6) is 0.322. The van der Waals surface area contributed by atoms with E-state index in [0.717, 1.165) is 38.9 Å². The third kappa shape index (κ3) is 3.07. The monoisotopic (exact) mass is 325 g/mol. The molecule has 102 valence electrons. The van der Waals surface area contributed by atoms with E-state index < -0.39 is 0 Å². The molecule has 2 rings (SSSR count). The van der Waals surface area contributed by atoms with Crippen LogP contribution in [0.3, 0.4) is 0 Å². The SMILES string of the molecule is N#Cc1ccc(N2CCC(CCN)CC2)c(F)c1Br. The molecule has 1 aromatic rings. The molecular weight excluding hydrogens is 309 g/mol. The molecule has 1 aliphatic rings. The van der Waals surface area contributed by atoms with Crippen molar-refractivity contribution in [3.63, 3.8) is 0 Å². The summed E-state index contributed by atoms with van der Waals surface area (Å²) in [4.78, 5) is 2.05. The average Bonchev–Trinajstić information content (AvgIpc) is 2.43. The number of nitriles is 1. The third-order valence-electron chi connectivity index (χ3n) is 3.71.